The molecule has 0 saturated carbocycles. The van der Waals surface area contributed by atoms with Gasteiger partial charge in [0, 0.05) is 7.05 Å². The highest BCUT2D eigenvalue weighted by molar-refractivity contribution is 7.89. The molecule has 6 nitrogen and oxygen atoms in total. The Labute approximate surface area is 148 Å². The van der Waals surface area contributed by atoms with Crippen LogP contribution in [-0.4, -0.2) is 37.9 Å². The topological polar surface area (TPSA) is 78.8 Å². The molecule has 0 spiro atoms. The largest absolute Gasteiger partial charge is 0.272 e. The zero-order chi connectivity index (χ0) is 18.4. The van der Waals surface area contributed by atoms with Crippen molar-refractivity contribution >= 4 is 21.6 Å². The standard InChI is InChI=1S/C18H21N3O3S/c1-14-9-11-17(12-10-14)25(23,24)21(3)13-18(22)20-19-15(2)16-7-5-4-6-8-16/h4-12H,13H2,1-3H3,(H,20,22)/b19-15-. The molecular weight excluding hydrogens is 338 g/mol. The van der Waals surface area contributed by atoms with Crippen molar-refractivity contribution in [3.8, 4) is 0 Å². The lowest BCUT2D eigenvalue weighted by atomic mass is 10.1. The van der Waals surface area contributed by atoms with Gasteiger partial charge in [0.05, 0.1) is 17.2 Å². The maximum absolute atomic E-state index is 12.4. The Hall–Kier alpha value is -2.51. The van der Waals surface area contributed by atoms with Crippen LogP contribution in [0, 0.1) is 6.92 Å². The number of hydrazone groups is 1. The highest BCUT2D eigenvalue weighted by Crippen LogP contribution is 2.14. The SMILES string of the molecule is C/C(=N/NC(=O)CN(C)S(=O)(=O)c1ccc(C)cc1)c1ccccc1. The molecule has 2 aromatic rings. The number of carbonyl (C=O) groups is 1. The second kappa shape index (κ2) is 8.04. The van der Waals surface area contributed by atoms with Crippen LogP contribution in [0.1, 0.15) is 18.1 Å². The molecule has 1 N–H and O–H groups in total. The lowest BCUT2D eigenvalue weighted by molar-refractivity contribution is -0.121. The van der Waals surface area contributed by atoms with Gasteiger partial charge >= 0.3 is 0 Å². The first-order chi connectivity index (χ1) is 11.8. The number of nitrogens with one attached hydrogen (secondary N) is 1. The van der Waals surface area contributed by atoms with Crippen LogP contribution in [0.25, 0.3) is 0 Å². The maximum atomic E-state index is 12.4. The molecule has 0 radical (unpaired) electrons. The van der Waals surface area contributed by atoms with E-state index in [9.17, 15) is 13.2 Å². The molecule has 1 amide bonds. The van der Waals surface area contributed by atoms with Crippen molar-refractivity contribution in [1.82, 2.24) is 9.73 Å². The molecule has 0 atom stereocenters. The Morgan fingerprint density at radius 1 is 1.08 bits per heavy atom. The number of likely N-dealkylation sites (N-methyl/N-ethyl adjacent to an activating group) is 1. The van der Waals surface area contributed by atoms with Crippen molar-refractivity contribution in [2.45, 2.75) is 18.7 Å². The summed E-state index contributed by atoms with van der Waals surface area (Å²) in [5.74, 6) is -0.506. The first-order valence-corrected chi connectivity index (χ1v) is 9.16. The third-order valence-corrected chi connectivity index (χ3v) is 5.45. The smallest absolute Gasteiger partial charge is 0.255 e. The Kier molecular flexibility index (Phi) is 6.06. The van der Waals surface area contributed by atoms with Gasteiger partial charge in [0.15, 0.2) is 0 Å². The zero-order valence-corrected chi connectivity index (χ0v) is 15.2. The zero-order valence-electron chi connectivity index (χ0n) is 14.4. The molecule has 7 heteroatoms. The van der Waals surface area contributed by atoms with Gasteiger partial charge in [-0.1, -0.05) is 48.0 Å². The van der Waals surface area contributed by atoms with Crippen LogP contribution in [0.2, 0.25) is 0 Å². The van der Waals surface area contributed by atoms with Crippen molar-refractivity contribution in [2.24, 2.45) is 5.10 Å². The van der Waals surface area contributed by atoms with E-state index in [1.54, 1.807) is 19.1 Å². The molecule has 0 aliphatic rings. The van der Waals surface area contributed by atoms with Crippen molar-refractivity contribution in [1.29, 1.82) is 0 Å². The highest BCUT2D eigenvalue weighted by atomic mass is 32.2. The first kappa shape index (κ1) is 18.8. The van der Waals surface area contributed by atoms with Gasteiger partial charge in [-0.15, -0.1) is 0 Å². The van der Waals surface area contributed by atoms with Crippen LogP contribution < -0.4 is 5.43 Å². The monoisotopic (exact) mass is 359 g/mol. The highest BCUT2D eigenvalue weighted by Gasteiger charge is 2.22. The van der Waals surface area contributed by atoms with Crippen LogP contribution in [0.5, 0.6) is 0 Å². The van der Waals surface area contributed by atoms with Crippen LogP contribution in [0.3, 0.4) is 0 Å². The summed E-state index contributed by atoms with van der Waals surface area (Å²) in [5, 5.41) is 4.01. The molecule has 0 aromatic heterocycles. The minimum atomic E-state index is -3.72. The first-order valence-electron chi connectivity index (χ1n) is 7.72. The second-order valence-corrected chi connectivity index (χ2v) is 7.72. The van der Waals surface area contributed by atoms with Gasteiger partial charge in [0.1, 0.15) is 0 Å². The van der Waals surface area contributed by atoms with E-state index in [4.69, 9.17) is 0 Å². The summed E-state index contributed by atoms with van der Waals surface area (Å²) in [6.07, 6.45) is 0. The van der Waals surface area contributed by atoms with Crippen LogP contribution in [0.4, 0.5) is 0 Å². The average molecular weight is 359 g/mol. The summed E-state index contributed by atoms with van der Waals surface area (Å²) in [5.41, 5.74) is 4.87. The Balaban J connectivity index is 2.01. The third kappa shape index (κ3) is 4.98. The van der Waals surface area contributed by atoms with E-state index < -0.39 is 15.9 Å². The predicted octanol–water partition coefficient (Wildman–Crippen LogP) is 2.16. The van der Waals surface area contributed by atoms with E-state index in [1.807, 2.05) is 37.3 Å². The number of benzene rings is 2. The fourth-order valence-electron chi connectivity index (χ4n) is 2.10. The molecule has 25 heavy (non-hydrogen) atoms. The van der Waals surface area contributed by atoms with Crippen LogP contribution in [-0.2, 0) is 14.8 Å². The van der Waals surface area contributed by atoms with Crippen molar-refractivity contribution in [3.05, 3.63) is 65.7 Å². The normalized spacial score (nSPS) is 12.2. The number of hydrogen-bond acceptors (Lipinski definition) is 4. The third-order valence-electron chi connectivity index (χ3n) is 3.64. The van der Waals surface area contributed by atoms with Gasteiger partial charge in [-0.2, -0.15) is 9.41 Å². The van der Waals surface area contributed by atoms with Gasteiger partial charge < -0.3 is 0 Å². The summed E-state index contributed by atoms with van der Waals surface area (Å²) in [4.78, 5) is 12.1. The number of aryl methyl sites for hydroxylation is 1. The number of hydrogen-bond donors (Lipinski definition) is 1. The Morgan fingerprint density at radius 3 is 2.28 bits per heavy atom. The minimum absolute atomic E-state index is 0.150. The van der Waals surface area contributed by atoms with Gasteiger partial charge in [0.25, 0.3) is 5.91 Å². The Morgan fingerprint density at radius 2 is 1.68 bits per heavy atom. The van der Waals surface area contributed by atoms with E-state index in [1.165, 1.54) is 19.2 Å². The molecule has 0 aliphatic carbocycles. The minimum Gasteiger partial charge on any atom is -0.272 e. The fraction of sp³-hybridized carbons (Fsp3) is 0.222. The van der Waals surface area contributed by atoms with Crippen LogP contribution in [0.15, 0.2) is 64.6 Å². The van der Waals surface area contributed by atoms with E-state index >= 15 is 0 Å². The number of rotatable bonds is 6. The van der Waals surface area contributed by atoms with Crippen molar-refractivity contribution in [2.75, 3.05) is 13.6 Å². The number of sulfonamides is 1. The number of amides is 1. The second-order valence-electron chi connectivity index (χ2n) is 5.67. The van der Waals surface area contributed by atoms with E-state index in [0.29, 0.717) is 5.71 Å². The summed E-state index contributed by atoms with van der Waals surface area (Å²) in [6.45, 7) is 3.32. The number of nitrogens with zero attached hydrogens (tertiary/aromatic N) is 2. The lowest BCUT2D eigenvalue weighted by Gasteiger charge is -2.16. The summed E-state index contributed by atoms with van der Waals surface area (Å²) in [6, 6.07) is 15.9. The molecule has 2 aromatic carbocycles. The molecule has 0 unspecified atom stereocenters. The summed E-state index contributed by atoms with van der Waals surface area (Å²) in [7, 11) is -2.35. The molecule has 0 bridgehead atoms. The summed E-state index contributed by atoms with van der Waals surface area (Å²) >= 11 is 0. The predicted molar refractivity (Wildman–Crippen MR) is 97.8 cm³/mol. The van der Waals surface area contributed by atoms with E-state index in [-0.39, 0.29) is 11.4 Å². The molecule has 0 aliphatic heterocycles. The van der Waals surface area contributed by atoms with Gasteiger partial charge in [0.2, 0.25) is 10.0 Å². The molecule has 0 saturated heterocycles. The molecule has 0 heterocycles. The fourth-order valence-corrected chi connectivity index (χ4v) is 3.23. The number of carbonyl (C=O) groups excluding carboxylic acids is 1. The van der Waals surface area contributed by atoms with Crippen molar-refractivity contribution in [3.63, 3.8) is 0 Å². The quantitative estimate of drug-likeness (QED) is 0.634. The summed E-state index contributed by atoms with van der Waals surface area (Å²) < 4.78 is 25.9. The Bertz CT molecular complexity index is 860. The van der Waals surface area contributed by atoms with Gasteiger partial charge in [-0.3, -0.25) is 4.79 Å². The van der Waals surface area contributed by atoms with Crippen molar-refractivity contribution < 1.29 is 13.2 Å². The van der Waals surface area contributed by atoms with Crippen LogP contribution >= 0.6 is 0 Å². The molecule has 0 fully saturated rings. The molecule has 132 valence electrons. The van der Waals surface area contributed by atoms with E-state index in [0.717, 1.165) is 15.4 Å². The van der Waals surface area contributed by atoms with Gasteiger partial charge in [-0.05, 0) is 31.5 Å². The molecular formula is C18H21N3O3S. The average Bonchev–Trinajstić information content (AvgIpc) is 2.60. The van der Waals surface area contributed by atoms with E-state index in [2.05, 4.69) is 10.5 Å². The lowest BCUT2D eigenvalue weighted by Crippen LogP contribution is -2.36. The van der Waals surface area contributed by atoms with Gasteiger partial charge in [-0.25, -0.2) is 13.8 Å². The maximum Gasteiger partial charge on any atom is 0.255 e. The molecule has 2 rings (SSSR count).